The van der Waals surface area contributed by atoms with Crippen LogP contribution in [-0.4, -0.2) is 17.8 Å². The minimum atomic E-state index is 0.221. The average molecular weight is 213 g/mol. The van der Waals surface area contributed by atoms with Gasteiger partial charge in [-0.15, -0.1) is 11.3 Å². The topological polar surface area (TPSA) is 32.3 Å². The number of aliphatic hydroxyl groups excluding tert-OH is 1. The summed E-state index contributed by atoms with van der Waals surface area (Å²) in [5.74, 6) is 0. The van der Waals surface area contributed by atoms with E-state index >= 15 is 0 Å². The zero-order valence-corrected chi connectivity index (χ0v) is 9.68. The fourth-order valence-corrected chi connectivity index (χ4v) is 2.35. The molecule has 0 aliphatic rings. The molecular formula is C11H19NOS. The van der Waals surface area contributed by atoms with Crippen LogP contribution in [0.1, 0.15) is 37.6 Å². The van der Waals surface area contributed by atoms with Crippen molar-refractivity contribution in [1.29, 1.82) is 0 Å². The standard InChI is InChI=1S/C11H19NOS/c1-3-9(8-13)12-10(4-2)11-6-5-7-14-11/h5-7,9-10,12-13H,3-4,8H2,1-2H3. The molecule has 3 heteroatoms. The minimum absolute atomic E-state index is 0.221. The molecule has 0 bridgehead atoms. The first-order valence-corrected chi connectivity index (χ1v) is 6.10. The van der Waals surface area contributed by atoms with Crippen molar-refractivity contribution >= 4 is 11.3 Å². The lowest BCUT2D eigenvalue weighted by molar-refractivity contribution is 0.227. The molecule has 0 saturated heterocycles. The van der Waals surface area contributed by atoms with Gasteiger partial charge in [-0.1, -0.05) is 19.9 Å². The molecular weight excluding hydrogens is 194 g/mol. The highest BCUT2D eigenvalue weighted by molar-refractivity contribution is 7.10. The van der Waals surface area contributed by atoms with Crippen molar-refractivity contribution in [2.75, 3.05) is 6.61 Å². The van der Waals surface area contributed by atoms with Gasteiger partial charge in [-0.3, -0.25) is 0 Å². The van der Waals surface area contributed by atoms with Gasteiger partial charge in [0, 0.05) is 17.0 Å². The van der Waals surface area contributed by atoms with Crippen LogP contribution in [-0.2, 0) is 0 Å². The van der Waals surface area contributed by atoms with Crippen LogP contribution in [0.15, 0.2) is 17.5 Å². The SMILES string of the molecule is CCC(CO)NC(CC)c1cccs1. The maximum atomic E-state index is 9.11. The van der Waals surface area contributed by atoms with Crippen molar-refractivity contribution in [2.24, 2.45) is 0 Å². The molecule has 1 aromatic heterocycles. The van der Waals surface area contributed by atoms with Crippen molar-refractivity contribution in [3.8, 4) is 0 Å². The molecule has 1 heterocycles. The van der Waals surface area contributed by atoms with Gasteiger partial charge in [0.25, 0.3) is 0 Å². The van der Waals surface area contributed by atoms with Crippen LogP contribution in [0.4, 0.5) is 0 Å². The highest BCUT2D eigenvalue weighted by Gasteiger charge is 2.13. The zero-order valence-electron chi connectivity index (χ0n) is 8.86. The van der Waals surface area contributed by atoms with Crippen LogP contribution in [0.2, 0.25) is 0 Å². The largest absolute Gasteiger partial charge is 0.395 e. The number of hydrogen-bond acceptors (Lipinski definition) is 3. The van der Waals surface area contributed by atoms with Crippen LogP contribution < -0.4 is 5.32 Å². The average Bonchev–Trinajstić information content (AvgIpc) is 2.73. The Hall–Kier alpha value is -0.380. The first-order chi connectivity index (χ1) is 6.81. The lowest BCUT2D eigenvalue weighted by Crippen LogP contribution is -2.34. The maximum Gasteiger partial charge on any atom is 0.0584 e. The second-order valence-corrected chi connectivity index (χ2v) is 4.41. The molecule has 2 nitrogen and oxygen atoms in total. The number of aliphatic hydroxyl groups is 1. The van der Waals surface area contributed by atoms with E-state index in [2.05, 4.69) is 36.7 Å². The Morgan fingerprint density at radius 3 is 2.64 bits per heavy atom. The van der Waals surface area contributed by atoms with Crippen molar-refractivity contribution in [3.63, 3.8) is 0 Å². The maximum absolute atomic E-state index is 9.11. The van der Waals surface area contributed by atoms with Crippen molar-refractivity contribution < 1.29 is 5.11 Å². The molecule has 1 rings (SSSR count). The van der Waals surface area contributed by atoms with Crippen molar-refractivity contribution in [2.45, 2.75) is 38.8 Å². The first kappa shape index (κ1) is 11.7. The summed E-state index contributed by atoms with van der Waals surface area (Å²) in [6, 6.07) is 4.84. The fraction of sp³-hybridized carbons (Fsp3) is 0.636. The third-order valence-electron chi connectivity index (χ3n) is 2.44. The van der Waals surface area contributed by atoms with Gasteiger partial charge >= 0.3 is 0 Å². The third-order valence-corrected chi connectivity index (χ3v) is 3.43. The van der Waals surface area contributed by atoms with E-state index in [9.17, 15) is 0 Å². The van der Waals surface area contributed by atoms with E-state index in [4.69, 9.17) is 5.11 Å². The van der Waals surface area contributed by atoms with Crippen LogP contribution >= 0.6 is 11.3 Å². The first-order valence-electron chi connectivity index (χ1n) is 5.22. The summed E-state index contributed by atoms with van der Waals surface area (Å²) >= 11 is 1.77. The molecule has 0 aromatic carbocycles. The predicted molar refractivity (Wildman–Crippen MR) is 61.7 cm³/mol. The molecule has 1 aromatic rings. The molecule has 0 aliphatic carbocycles. The van der Waals surface area contributed by atoms with E-state index in [1.165, 1.54) is 4.88 Å². The molecule has 2 N–H and O–H groups in total. The molecule has 14 heavy (non-hydrogen) atoms. The summed E-state index contributed by atoms with van der Waals surface area (Å²) in [6.45, 7) is 4.48. The fourth-order valence-electron chi connectivity index (χ4n) is 1.47. The molecule has 0 spiro atoms. The second-order valence-electron chi connectivity index (χ2n) is 3.43. The van der Waals surface area contributed by atoms with Gasteiger partial charge in [-0.05, 0) is 24.3 Å². The summed E-state index contributed by atoms with van der Waals surface area (Å²) in [4.78, 5) is 1.36. The minimum Gasteiger partial charge on any atom is -0.395 e. The molecule has 0 fully saturated rings. The molecule has 2 atom stereocenters. The predicted octanol–water partition coefficient (Wildman–Crippen LogP) is 2.56. The van der Waals surface area contributed by atoms with E-state index in [-0.39, 0.29) is 12.6 Å². The van der Waals surface area contributed by atoms with E-state index in [1.54, 1.807) is 11.3 Å². The Morgan fingerprint density at radius 2 is 2.21 bits per heavy atom. The highest BCUT2D eigenvalue weighted by Crippen LogP contribution is 2.22. The van der Waals surface area contributed by atoms with Crippen LogP contribution in [0.5, 0.6) is 0 Å². The number of thiophene rings is 1. The quantitative estimate of drug-likeness (QED) is 0.761. The highest BCUT2D eigenvalue weighted by atomic mass is 32.1. The van der Waals surface area contributed by atoms with E-state index in [0.29, 0.717) is 6.04 Å². The van der Waals surface area contributed by atoms with E-state index in [1.807, 2.05) is 0 Å². The second kappa shape index (κ2) is 6.17. The Balaban J connectivity index is 2.55. The summed E-state index contributed by atoms with van der Waals surface area (Å²) in [7, 11) is 0. The van der Waals surface area contributed by atoms with Gasteiger partial charge in [0.2, 0.25) is 0 Å². The Labute approximate surface area is 90.0 Å². The molecule has 0 saturated carbocycles. The smallest absolute Gasteiger partial charge is 0.0584 e. The summed E-state index contributed by atoms with van der Waals surface area (Å²) < 4.78 is 0. The van der Waals surface area contributed by atoms with Gasteiger partial charge in [-0.2, -0.15) is 0 Å². The number of rotatable bonds is 6. The molecule has 0 aliphatic heterocycles. The van der Waals surface area contributed by atoms with Gasteiger partial charge in [0.1, 0.15) is 0 Å². The third kappa shape index (κ3) is 3.08. The van der Waals surface area contributed by atoms with Gasteiger partial charge < -0.3 is 10.4 Å². The Kier molecular flexibility index (Phi) is 5.15. The van der Waals surface area contributed by atoms with Gasteiger partial charge in [-0.25, -0.2) is 0 Å². The summed E-state index contributed by atoms with van der Waals surface area (Å²) in [5.41, 5.74) is 0. The van der Waals surface area contributed by atoms with Crippen LogP contribution in [0.3, 0.4) is 0 Å². The molecule has 0 radical (unpaired) electrons. The normalized spacial score (nSPS) is 15.4. The number of nitrogens with one attached hydrogen (secondary N) is 1. The lowest BCUT2D eigenvalue weighted by Gasteiger charge is -2.21. The van der Waals surface area contributed by atoms with E-state index in [0.717, 1.165) is 12.8 Å². The van der Waals surface area contributed by atoms with Gasteiger partial charge in [0.15, 0.2) is 0 Å². The Bertz CT molecular complexity index is 231. The van der Waals surface area contributed by atoms with E-state index < -0.39 is 0 Å². The van der Waals surface area contributed by atoms with Crippen LogP contribution in [0, 0.1) is 0 Å². The lowest BCUT2D eigenvalue weighted by atomic mass is 10.1. The monoisotopic (exact) mass is 213 g/mol. The summed E-state index contributed by atoms with van der Waals surface area (Å²) in [6.07, 6.45) is 2.04. The Morgan fingerprint density at radius 1 is 1.43 bits per heavy atom. The molecule has 0 amide bonds. The molecule has 80 valence electrons. The van der Waals surface area contributed by atoms with Crippen molar-refractivity contribution in [3.05, 3.63) is 22.4 Å². The van der Waals surface area contributed by atoms with Crippen molar-refractivity contribution in [1.82, 2.24) is 5.32 Å². The van der Waals surface area contributed by atoms with Gasteiger partial charge in [0.05, 0.1) is 6.61 Å². The zero-order chi connectivity index (χ0) is 10.4. The molecule has 2 unspecified atom stereocenters. The van der Waals surface area contributed by atoms with Crippen LogP contribution in [0.25, 0.3) is 0 Å². The summed E-state index contributed by atoms with van der Waals surface area (Å²) in [5, 5.41) is 14.7. The number of hydrogen-bond donors (Lipinski definition) is 2.